The second-order valence-corrected chi connectivity index (χ2v) is 7.74. The van der Waals surface area contributed by atoms with Crippen molar-refractivity contribution in [1.29, 1.82) is 0 Å². The molecule has 0 saturated heterocycles. The lowest BCUT2D eigenvalue weighted by atomic mass is 10.1. The Hall–Kier alpha value is -4.20. The van der Waals surface area contributed by atoms with E-state index in [-0.39, 0.29) is 11.5 Å². The van der Waals surface area contributed by atoms with Gasteiger partial charge in [-0.3, -0.25) is 14.6 Å². The second kappa shape index (κ2) is 9.52. The van der Waals surface area contributed by atoms with E-state index in [1.165, 1.54) is 7.11 Å². The smallest absolute Gasteiger partial charge is 0.259 e. The van der Waals surface area contributed by atoms with Crippen LogP contribution < -0.4 is 15.4 Å². The number of hydrogen-bond donors (Lipinski definition) is 2. The Morgan fingerprint density at radius 1 is 1.00 bits per heavy atom. The van der Waals surface area contributed by atoms with Gasteiger partial charge >= 0.3 is 0 Å². The number of amidine groups is 1. The first-order chi connectivity index (χ1) is 15.9. The maximum absolute atomic E-state index is 13.0. The third-order valence-corrected chi connectivity index (χ3v) is 5.34. The standard InChI is InChI=1S/C25H25N5O3/c1-16-4-11-22(27-15-16)29-25(32)20-14-19(33-3)9-10-21(20)28-24(31)18-7-5-17(6-8-18)23-26-12-13-30(23)2/h4-11,14-15H,12-13H2,1-3H3,(H,28,31)(H,27,29,32). The van der Waals surface area contributed by atoms with Gasteiger partial charge in [0.15, 0.2) is 0 Å². The number of nitrogens with zero attached hydrogens (tertiary/aromatic N) is 3. The van der Waals surface area contributed by atoms with Crippen molar-refractivity contribution in [2.45, 2.75) is 6.92 Å². The molecule has 0 bridgehead atoms. The third-order valence-electron chi connectivity index (χ3n) is 5.34. The summed E-state index contributed by atoms with van der Waals surface area (Å²) >= 11 is 0. The zero-order chi connectivity index (χ0) is 23.4. The Bertz CT molecular complexity index is 1200. The molecule has 4 rings (SSSR count). The summed E-state index contributed by atoms with van der Waals surface area (Å²) in [7, 11) is 3.51. The van der Waals surface area contributed by atoms with E-state index in [0.717, 1.165) is 30.1 Å². The summed E-state index contributed by atoms with van der Waals surface area (Å²) in [5.41, 5.74) is 3.06. The number of hydrogen-bond acceptors (Lipinski definition) is 6. The van der Waals surface area contributed by atoms with E-state index in [2.05, 4.69) is 25.5 Å². The van der Waals surface area contributed by atoms with Crippen LogP contribution in [0, 0.1) is 6.92 Å². The van der Waals surface area contributed by atoms with Crippen LogP contribution in [0.5, 0.6) is 5.75 Å². The summed E-state index contributed by atoms with van der Waals surface area (Å²) in [6.07, 6.45) is 1.67. The molecule has 2 heterocycles. The molecule has 0 aliphatic carbocycles. The lowest BCUT2D eigenvalue weighted by Gasteiger charge is -2.15. The molecule has 8 nitrogen and oxygen atoms in total. The lowest BCUT2D eigenvalue weighted by Crippen LogP contribution is -2.23. The van der Waals surface area contributed by atoms with Crippen LogP contribution in [0.4, 0.5) is 11.5 Å². The molecular weight excluding hydrogens is 418 g/mol. The van der Waals surface area contributed by atoms with Crippen molar-refractivity contribution in [3.63, 3.8) is 0 Å². The van der Waals surface area contributed by atoms with E-state index in [1.807, 2.05) is 32.2 Å². The van der Waals surface area contributed by atoms with Crippen molar-refractivity contribution >= 4 is 29.2 Å². The summed E-state index contributed by atoms with van der Waals surface area (Å²) in [4.78, 5) is 36.6. The monoisotopic (exact) mass is 443 g/mol. The maximum Gasteiger partial charge on any atom is 0.259 e. The van der Waals surface area contributed by atoms with Crippen molar-refractivity contribution < 1.29 is 14.3 Å². The average molecular weight is 444 g/mol. The first-order valence-corrected chi connectivity index (χ1v) is 10.5. The topological polar surface area (TPSA) is 95.9 Å². The van der Waals surface area contributed by atoms with Crippen LogP contribution in [0.3, 0.4) is 0 Å². The molecule has 0 saturated carbocycles. The van der Waals surface area contributed by atoms with Gasteiger partial charge in [-0.25, -0.2) is 4.98 Å². The van der Waals surface area contributed by atoms with Crippen molar-refractivity contribution in [3.8, 4) is 5.75 Å². The van der Waals surface area contributed by atoms with Gasteiger partial charge in [0.25, 0.3) is 11.8 Å². The van der Waals surface area contributed by atoms with Crippen molar-refractivity contribution in [1.82, 2.24) is 9.88 Å². The minimum absolute atomic E-state index is 0.267. The van der Waals surface area contributed by atoms with Crippen LogP contribution >= 0.6 is 0 Å². The summed E-state index contributed by atoms with van der Waals surface area (Å²) in [6, 6.07) is 15.7. The number of aliphatic imine (C=N–C) groups is 1. The molecule has 0 unspecified atom stereocenters. The molecule has 2 aromatic carbocycles. The van der Waals surface area contributed by atoms with Crippen LogP contribution in [-0.4, -0.2) is 54.8 Å². The van der Waals surface area contributed by atoms with Gasteiger partial charge in [-0.15, -0.1) is 0 Å². The first kappa shape index (κ1) is 22.0. The van der Waals surface area contributed by atoms with Crippen LogP contribution in [-0.2, 0) is 0 Å². The molecule has 8 heteroatoms. The molecule has 1 aromatic heterocycles. The number of aromatic nitrogens is 1. The molecule has 2 amide bonds. The highest BCUT2D eigenvalue weighted by atomic mass is 16.5. The van der Waals surface area contributed by atoms with E-state index in [1.54, 1.807) is 42.6 Å². The number of rotatable bonds is 6. The number of benzene rings is 2. The highest BCUT2D eigenvalue weighted by Gasteiger charge is 2.18. The molecule has 168 valence electrons. The summed E-state index contributed by atoms with van der Waals surface area (Å²) < 4.78 is 5.26. The first-order valence-electron chi connectivity index (χ1n) is 10.5. The number of carbonyl (C=O) groups is 2. The zero-order valence-electron chi connectivity index (χ0n) is 18.8. The average Bonchev–Trinajstić information content (AvgIpc) is 3.26. The Morgan fingerprint density at radius 2 is 1.79 bits per heavy atom. The molecule has 1 aliphatic heterocycles. The Kier molecular flexibility index (Phi) is 6.35. The Morgan fingerprint density at radius 3 is 2.42 bits per heavy atom. The van der Waals surface area contributed by atoms with Gasteiger partial charge in [-0.05, 0) is 48.9 Å². The molecule has 0 atom stereocenters. The number of amides is 2. The highest BCUT2D eigenvalue weighted by molar-refractivity contribution is 6.12. The Labute approximate surface area is 192 Å². The summed E-state index contributed by atoms with van der Waals surface area (Å²) in [6.45, 7) is 3.58. The zero-order valence-corrected chi connectivity index (χ0v) is 18.8. The summed E-state index contributed by atoms with van der Waals surface area (Å²) in [5, 5.41) is 5.59. The van der Waals surface area contributed by atoms with E-state index >= 15 is 0 Å². The van der Waals surface area contributed by atoms with E-state index < -0.39 is 5.91 Å². The van der Waals surface area contributed by atoms with Gasteiger partial charge in [0.1, 0.15) is 17.4 Å². The number of pyridine rings is 1. The molecule has 33 heavy (non-hydrogen) atoms. The normalized spacial score (nSPS) is 12.8. The van der Waals surface area contributed by atoms with E-state index in [9.17, 15) is 9.59 Å². The highest BCUT2D eigenvalue weighted by Crippen LogP contribution is 2.24. The van der Waals surface area contributed by atoms with Gasteiger partial charge in [0.2, 0.25) is 0 Å². The van der Waals surface area contributed by atoms with Gasteiger partial charge < -0.3 is 20.3 Å². The molecule has 0 fully saturated rings. The van der Waals surface area contributed by atoms with Crippen molar-refractivity contribution in [3.05, 3.63) is 83.0 Å². The quantitative estimate of drug-likeness (QED) is 0.607. The fourth-order valence-corrected chi connectivity index (χ4v) is 3.48. The minimum atomic E-state index is -0.404. The predicted molar refractivity (Wildman–Crippen MR) is 128 cm³/mol. The fraction of sp³-hybridized carbons (Fsp3) is 0.200. The Balaban J connectivity index is 1.54. The number of likely N-dealkylation sites (N-methyl/N-ethyl adjacent to an activating group) is 1. The molecule has 2 N–H and O–H groups in total. The largest absolute Gasteiger partial charge is 0.497 e. The van der Waals surface area contributed by atoms with Crippen molar-refractivity contribution in [2.24, 2.45) is 4.99 Å². The number of carbonyl (C=O) groups excluding carboxylic acids is 2. The lowest BCUT2D eigenvalue weighted by molar-refractivity contribution is 0.102. The summed E-state index contributed by atoms with van der Waals surface area (Å²) in [5.74, 6) is 1.11. The molecular formula is C25H25N5O3. The number of methoxy groups -OCH3 is 1. The SMILES string of the molecule is COc1ccc(NC(=O)c2ccc(C3=NCCN3C)cc2)c(C(=O)Nc2ccc(C)cn2)c1. The maximum atomic E-state index is 13.0. The molecule has 3 aromatic rings. The van der Waals surface area contributed by atoms with E-state index in [0.29, 0.717) is 22.8 Å². The van der Waals surface area contributed by atoms with Crippen molar-refractivity contribution in [2.75, 3.05) is 37.9 Å². The molecule has 0 radical (unpaired) electrons. The van der Waals surface area contributed by atoms with Gasteiger partial charge in [0.05, 0.1) is 24.9 Å². The number of anilines is 2. The second-order valence-electron chi connectivity index (χ2n) is 7.74. The molecule has 1 aliphatic rings. The van der Waals surface area contributed by atoms with Crippen LogP contribution in [0.2, 0.25) is 0 Å². The van der Waals surface area contributed by atoms with E-state index in [4.69, 9.17) is 4.74 Å². The predicted octanol–water partition coefficient (Wildman–Crippen LogP) is 3.60. The van der Waals surface area contributed by atoms with Crippen LogP contribution in [0.15, 0.2) is 65.8 Å². The number of aryl methyl sites for hydroxylation is 1. The van der Waals surface area contributed by atoms with Gasteiger partial charge in [-0.1, -0.05) is 18.2 Å². The molecule has 0 spiro atoms. The number of ether oxygens (including phenoxy) is 1. The third kappa shape index (κ3) is 5.01. The van der Waals surface area contributed by atoms with Gasteiger partial charge in [0, 0.05) is 30.9 Å². The fourth-order valence-electron chi connectivity index (χ4n) is 3.48. The van der Waals surface area contributed by atoms with Crippen LogP contribution in [0.1, 0.15) is 31.8 Å². The van der Waals surface area contributed by atoms with Gasteiger partial charge in [-0.2, -0.15) is 0 Å². The minimum Gasteiger partial charge on any atom is -0.497 e. The number of nitrogens with one attached hydrogen (secondary N) is 2. The van der Waals surface area contributed by atoms with Crippen LogP contribution in [0.25, 0.3) is 0 Å².